The summed E-state index contributed by atoms with van der Waals surface area (Å²) in [6.45, 7) is 6.61. The second-order valence-corrected chi connectivity index (χ2v) is 9.39. The van der Waals surface area contributed by atoms with Crippen LogP contribution in [-0.4, -0.2) is 16.1 Å². The third kappa shape index (κ3) is 3.27. The first-order chi connectivity index (χ1) is 12.9. The van der Waals surface area contributed by atoms with Gasteiger partial charge in [0.1, 0.15) is 0 Å². The monoisotopic (exact) mass is 379 g/mol. The molecule has 1 aromatic carbocycles. The molecule has 140 valence electrons. The van der Waals surface area contributed by atoms with Crippen LogP contribution >= 0.6 is 11.3 Å². The van der Waals surface area contributed by atoms with Gasteiger partial charge in [0, 0.05) is 16.0 Å². The van der Waals surface area contributed by atoms with Gasteiger partial charge in [0.25, 0.3) is 0 Å². The minimum atomic E-state index is -0.827. The third-order valence-corrected chi connectivity index (χ3v) is 6.80. The maximum Gasteiger partial charge on any atom is 0.337 e. The van der Waals surface area contributed by atoms with Crippen LogP contribution in [0.5, 0.6) is 0 Å². The van der Waals surface area contributed by atoms with Crippen LogP contribution in [0.2, 0.25) is 0 Å². The van der Waals surface area contributed by atoms with Gasteiger partial charge in [0.15, 0.2) is 0 Å². The highest BCUT2D eigenvalue weighted by molar-refractivity contribution is 7.16. The van der Waals surface area contributed by atoms with Crippen LogP contribution in [0.25, 0.3) is 21.3 Å². The fourth-order valence-electron chi connectivity index (χ4n) is 4.12. The Kier molecular flexibility index (Phi) is 4.55. The summed E-state index contributed by atoms with van der Waals surface area (Å²) >= 11 is 1.64. The van der Waals surface area contributed by atoms with E-state index in [4.69, 9.17) is 4.98 Å². The van der Waals surface area contributed by atoms with Crippen molar-refractivity contribution in [1.82, 2.24) is 4.98 Å². The molecule has 0 bridgehead atoms. The Morgan fingerprint density at radius 1 is 1.30 bits per heavy atom. The molecule has 0 radical (unpaired) electrons. The molecule has 0 saturated carbocycles. The second kappa shape index (κ2) is 6.75. The number of carboxylic acids is 1. The molecule has 3 aromatic rings. The predicted molar refractivity (Wildman–Crippen MR) is 112 cm³/mol. The average Bonchev–Trinajstić information content (AvgIpc) is 2.98. The van der Waals surface area contributed by atoms with Crippen LogP contribution in [0.3, 0.4) is 0 Å². The molecule has 0 atom stereocenters. The third-order valence-electron chi connectivity index (χ3n) is 5.50. The highest BCUT2D eigenvalue weighted by atomic mass is 32.1. The number of aromatic carboxylic acids is 1. The zero-order valence-electron chi connectivity index (χ0n) is 16.1. The van der Waals surface area contributed by atoms with Crippen LogP contribution in [0.4, 0.5) is 0 Å². The van der Waals surface area contributed by atoms with Gasteiger partial charge in [-0.05, 0) is 48.1 Å². The van der Waals surface area contributed by atoms with Gasteiger partial charge in [0.05, 0.1) is 16.1 Å². The SMILES string of the molecule is CCCc1cc2ccccc2c(-c2sc3c(c2C(=O)O)CC(C)(C)CC3)n1. The number of pyridine rings is 1. The highest BCUT2D eigenvalue weighted by Crippen LogP contribution is 2.46. The van der Waals surface area contributed by atoms with Gasteiger partial charge in [0.2, 0.25) is 0 Å². The van der Waals surface area contributed by atoms with E-state index in [1.54, 1.807) is 11.3 Å². The molecular weight excluding hydrogens is 354 g/mol. The normalized spacial score (nSPS) is 15.7. The lowest BCUT2D eigenvalue weighted by molar-refractivity contribution is 0.0696. The second-order valence-electron chi connectivity index (χ2n) is 8.29. The Labute approximate surface area is 164 Å². The van der Waals surface area contributed by atoms with E-state index in [0.29, 0.717) is 5.56 Å². The summed E-state index contributed by atoms with van der Waals surface area (Å²) in [5, 5.41) is 12.2. The van der Waals surface area contributed by atoms with Crippen LogP contribution < -0.4 is 0 Å². The van der Waals surface area contributed by atoms with E-state index in [-0.39, 0.29) is 5.41 Å². The van der Waals surface area contributed by atoms with Crippen LogP contribution in [0.15, 0.2) is 30.3 Å². The van der Waals surface area contributed by atoms with Crippen molar-refractivity contribution in [1.29, 1.82) is 0 Å². The van der Waals surface area contributed by atoms with E-state index in [2.05, 4.69) is 39.0 Å². The van der Waals surface area contributed by atoms with Crippen molar-refractivity contribution in [2.45, 2.75) is 52.9 Å². The molecule has 27 heavy (non-hydrogen) atoms. The Morgan fingerprint density at radius 3 is 2.81 bits per heavy atom. The van der Waals surface area contributed by atoms with Crippen molar-refractivity contribution >= 4 is 28.1 Å². The quantitative estimate of drug-likeness (QED) is 0.593. The molecule has 0 aliphatic heterocycles. The molecule has 0 fully saturated rings. The number of hydrogen-bond acceptors (Lipinski definition) is 3. The van der Waals surface area contributed by atoms with Gasteiger partial charge in [-0.2, -0.15) is 0 Å². The number of benzene rings is 1. The van der Waals surface area contributed by atoms with Gasteiger partial charge in [-0.25, -0.2) is 4.79 Å². The zero-order chi connectivity index (χ0) is 19.2. The van der Waals surface area contributed by atoms with Crippen LogP contribution in [0.1, 0.15) is 60.1 Å². The van der Waals surface area contributed by atoms with E-state index < -0.39 is 5.97 Å². The first-order valence-corrected chi connectivity index (χ1v) is 10.5. The topological polar surface area (TPSA) is 50.2 Å². The Balaban J connectivity index is 1.99. The predicted octanol–water partition coefficient (Wildman–Crippen LogP) is 6.13. The number of carboxylic acid groups (broad SMARTS) is 1. The average molecular weight is 380 g/mol. The van der Waals surface area contributed by atoms with Gasteiger partial charge < -0.3 is 5.11 Å². The number of fused-ring (bicyclic) bond motifs is 2. The summed E-state index contributed by atoms with van der Waals surface area (Å²) in [5.74, 6) is -0.827. The molecule has 4 heteroatoms. The molecule has 2 aromatic heterocycles. The lowest BCUT2D eigenvalue weighted by Crippen LogP contribution is -2.22. The van der Waals surface area contributed by atoms with Gasteiger partial charge in [-0.15, -0.1) is 11.3 Å². The maximum absolute atomic E-state index is 12.3. The van der Waals surface area contributed by atoms with Gasteiger partial charge in [-0.1, -0.05) is 51.5 Å². The first kappa shape index (κ1) is 18.2. The van der Waals surface area contributed by atoms with Crippen molar-refractivity contribution in [3.8, 4) is 10.6 Å². The summed E-state index contributed by atoms with van der Waals surface area (Å²) in [5.41, 5.74) is 3.54. The molecular formula is C23H25NO2S. The van der Waals surface area contributed by atoms with E-state index in [9.17, 15) is 9.90 Å². The molecule has 0 unspecified atom stereocenters. The lowest BCUT2D eigenvalue weighted by atomic mass is 9.76. The standard InChI is InChI=1S/C23H25NO2S/c1-4-7-15-12-14-8-5-6-9-16(14)20(24-15)21-19(22(25)26)17-13-23(2,3)11-10-18(17)27-21/h5-6,8-9,12H,4,7,10-11,13H2,1-3H3,(H,25,26). The number of nitrogens with zero attached hydrogens (tertiary/aromatic N) is 1. The summed E-state index contributed by atoms with van der Waals surface area (Å²) in [6.07, 6.45) is 4.81. The number of rotatable bonds is 4. The smallest absolute Gasteiger partial charge is 0.337 e. The van der Waals surface area contributed by atoms with Crippen molar-refractivity contribution in [3.63, 3.8) is 0 Å². The minimum Gasteiger partial charge on any atom is -0.478 e. The van der Waals surface area contributed by atoms with Crippen molar-refractivity contribution in [2.24, 2.45) is 5.41 Å². The van der Waals surface area contributed by atoms with Crippen LogP contribution in [0, 0.1) is 5.41 Å². The first-order valence-electron chi connectivity index (χ1n) is 9.66. The molecule has 1 aliphatic rings. The fraction of sp³-hybridized carbons (Fsp3) is 0.391. The summed E-state index contributed by atoms with van der Waals surface area (Å²) < 4.78 is 0. The lowest BCUT2D eigenvalue weighted by Gasteiger charge is -2.29. The van der Waals surface area contributed by atoms with E-state index in [1.165, 1.54) is 4.88 Å². The van der Waals surface area contributed by atoms with E-state index in [0.717, 1.165) is 64.7 Å². The maximum atomic E-state index is 12.3. The van der Waals surface area contributed by atoms with Gasteiger partial charge in [-0.3, -0.25) is 4.98 Å². The Bertz CT molecular complexity index is 1030. The summed E-state index contributed by atoms with van der Waals surface area (Å²) in [7, 11) is 0. The molecule has 0 saturated heterocycles. The fourth-order valence-corrected chi connectivity index (χ4v) is 5.44. The molecule has 2 heterocycles. The number of carbonyl (C=O) groups is 1. The Hall–Kier alpha value is -2.20. The minimum absolute atomic E-state index is 0.148. The van der Waals surface area contributed by atoms with E-state index >= 15 is 0 Å². The van der Waals surface area contributed by atoms with Crippen molar-refractivity contribution in [3.05, 3.63) is 52.0 Å². The Morgan fingerprint density at radius 2 is 2.07 bits per heavy atom. The van der Waals surface area contributed by atoms with Crippen molar-refractivity contribution in [2.75, 3.05) is 0 Å². The number of aryl methyl sites for hydroxylation is 2. The van der Waals surface area contributed by atoms with E-state index in [1.807, 2.05) is 12.1 Å². The molecule has 3 nitrogen and oxygen atoms in total. The zero-order valence-corrected chi connectivity index (χ0v) is 16.9. The highest BCUT2D eigenvalue weighted by Gasteiger charge is 2.33. The number of hydrogen-bond donors (Lipinski definition) is 1. The van der Waals surface area contributed by atoms with Gasteiger partial charge >= 0.3 is 5.97 Å². The largest absolute Gasteiger partial charge is 0.478 e. The number of thiophene rings is 1. The molecule has 0 amide bonds. The van der Waals surface area contributed by atoms with Crippen molar-refractivity contribution < 1.29 is 9.90 Å². The molecule has 0 spiro atoms. The molecule has 1 aliphatic carbocycles. The molecule has 1 N–H and O–H groups in total. The molecule has 4 rings (SSSR count). The summed E-state index contributed by atoms with van der Waals surface area (Å²) in [4.78, 5) is 19.3. The van der Waals surface area contributed by atoms with Crippen LogP contribution in [-0.2, 0) is 19.3 Å². The number of aromatic nitrogens is 1. The summed E-state index contributed by atoms with van der Waals surface area (Å²) in [6, 6.07) is 10.3.